The molecule has 7 heteroatoms. The van der Waals surface area contributed by atoms with E-state index in [1.54, 1.807) is 18.2 Å². The first kappa shape index (κ1) is 31.1. The third-order valence-corrected chi connectivity index (χ3v) is 7.01. The summed E-state index contributed by atoms with van der Waals surface area (Å²) in [4.78, 5) is 14.8. The van der Waals surface area contributed by atoms with E-state index < -0.39 is 17.6 Å². The van der Waals surface area contributed by atoms with E-state index in [0.29, 0.717) is 23.4 Å². The molecule has 0 unspecified atom stereocenters. The minimum absolute atomic E-state index is 0.0127. The van der Waals surface area contributed by atoms with Gasteiger partial charge in [-0.25, -0.2) is 13.8 Å². The molecule has 0 atom stereocenters. The smallest absolute Gasteiger partial charge is 0.303 e. The Morgan fingerprint density at radius 3 is 2.45 bits per heavy atom. The van der Waals surface area contributed by atoms with E-state index in [2.05, 4.69) is 32.7 Å². The first-order valence-electron chi connectivity index (χ1n) is 14.0. The summed E-state index contributed by atoms with van der Waals surface area (Å²) in [5.74, 6) is -0.488. The fourth-order valence-corrected chi connectivity index (χ4v) is 4.59. The monoisotopic (exact) mass is 553 g/mol. The van der Waals surface area contributed by atoms with Crippen LogP contribution in [0.2, 0.25) is 0 Å². The first-order chi connectivity index (χ1) is 19.0. The molecular weight excluding hydrogens is 512 g/mol. The number of rotatable bonds is 12. The van der Waals surface area contributed by atoms with Crippen LogP contribution in [0, 0.1) is 23.0 Å². The lowest BCUT2D eigenvalue weighted by Gasteiger charge is -2.26. The van der Waals surface area contributed by atoms with E-state index in [9.17, 15) is 13.6 Å². The zero-order chi connectivity index (χ0) is 29.3. The van der Waals surface area contributed by atoms with E-state index in [0.717, 1.165) is 41.6 Å². The fraction of sp³-hybridized carbons (Fsp3) is 0.455. The van der Waals surface area contributed by atoms with Crippen molar-refractivity contribution in [2.24, 2.45) is 11.3 Å². The van der Waals surface area contributed by atoms with Gasteiger partial charge in [0, 0.05) is 18.1 Å². The van der Waals surface area contributed by atoms with Crippen LogP contribution in [0.1, 0.15) is 76.5 Å². The molecule has 1 fully saturated rings. The van der Waals surface area contributed by atoms with Gasteiger partial charge in [-0.05, 0) is 58.9 Å². The topological polar surface area (TPSA) is 68.7 Å². The number of methoxy groups -OCH3 is 1. The lowest BCUT2D eigenvalue weighted by Crippen LogP contribution is -2.15. The molecule has 1 saturated carbocycles. The van der Waals surface area contributed by atoms with Gasteiger partial charge in [0.05, 0.1) is 13.3 Å². The Labute approximate surface area is 236 Å². The lowest BCUT2D eigenvalue weighted by molar-refractivity contribution is -0.136. The summed E-state index contributed by atoms with van der Waals surface area (Å²) in [5.41, 5.74) is 3.22. The number of carboxylic acid groups (broad SMARTS) is 1. The van der Waals surface area contributed by atoms with Gasteiger partial charge >= 0.3 is 5.97 Å². The van der Waals surface area contributed by atoms with Crippen molar-refractivity contribution >= 4 is 5.97 Å². The number of halogens is 2. The van der Waals surface area contributed by atoms with Crippen LogP contribution in [0.15, 0.2) is 48.7 Å². The Bertz CT molecular complexity index is 1290. The number of hydrogen-bond acceptors (Lipinski definition) is 4. The average Bonchev–Trinajstić information content (AvgIpc) is 3.70. The molecule has 1 aliphatic rings. The van der Waals surface area contributed by atoms with E-state index in [-0.39, 0.29) is 30.6 Å². The molecule has 0 radical (unpaired) electrons. The molecule has 3 aromatic rings. The lowest BCUT2D eigenvalue weighted by atomic mass is 9.79. The minimum Gasteiger partial charge on any atom is -0.486 e. The van der Waals surface area contributed by atoms with E-state index in [1.165, 1.54) is 26.0 Å². The molecule has 0 saturated heterocycles. The second kappa shape index (κ2) is 14.2. The molecule has 40 heavy (non-hydrogen) atoms. The summed E-state index contributed by atoms with van der Waals surface area (Å²) in [5, 5.41) is 8.89. The highest BCUT2D eigenvalue weighted by molar-refractivity contribution is 5.69. The Morgan fingerprint density at radius 2 is 1.82 bits per heavy atom. The van der Waals surface area contributed by atoms with Gasteiger partial charge < -0.3 is 14.6 Å². The number of carbonyl (C=O) groups is 1. The summed E-state index contributed by atoms with van der Waals surface area (Å²) in [7, 11) is 1.49. The maximum atomic E-state index is 14.8. The molecular formula is C33H41F2NO4. The zero-order valence-corrected chi connectivity index (χ0v) is 24.2. The third kappa shape index (κ3) is 9.32. The van der Waals surface area contributed by atoms with Gasteiger partial charge in [-0.1, -0.05) is 77.3 Å². The molecule has 0 spiro atoms. The van der Waals surface area contributed by atoms with Gasteiger partial charge in [0.1, 0.15) is 12.4 Å². The predicted molar refractivity (Wildman–Crippen MR) is 154 cm³/mol. The number of aryl methyl sites for hydroxylation is 1. The largest absolute Gasteiger partial charge is 0.486 e. The van der Waals surface area contributed by atoms with Crippen LogP contribution < -0.4 is 9.47 Å². The summed E-state index contributed by atoms with van der Waals surface area (Å²) in [6.45, 7) is 8.90. The second-order valence-corrected chi connectivity index (χ2v) is 11.4. The third-order valence-electron chi connectivity index (χ3n) is 7.01. The van der Waals surface area contributed by atoms with Crippen LogP contribution in [0.5, 0.6) is 11.6 Å². The molecule has 1 N–H and O–H groups in total. The number of aliphatic carboxylic acids is 1. The maximum Gasteiger partial charge on any atom is 0.303 e. The number of pyridine rings is 1. The fourth-order valence-electron chi connectivity index (χ4n) is 4.59. The van der Waals surface area contributed by atoms with Crippen molar-refractivity contribution < 1.29 is 28.2 Å². The van der Waals surface area contributed by atoms with Crippen LogP contribution in [0.4, 0.5) is 8.78 Å². The standard InChI is InChI=1S/C29H33F2NO4.C4H8/c1-5-13-29(2,3)16-21-14-19(9-11-22(21)23-15-26(35-4)32-17-24(23)30)18-36-25-8-6-7-20(28(25)31)10-12-27(33)34;1-4-2-3-4/h6-9,11,14-15,17H,5,10,12-13,16,18H2,1-4H3,(H,33,34);4H,2-3H2,1H3. The predicted octanol–water partition coefficient (Wildman–Crippen LogP) is 8.42. The van der Waals surface area contributed by atoms with E-state index in [4.69, 9.17) is 14.6 Å². The Morgan fingerprint density at radius 1 is 1.10 bits per heavy atom. The molecule has 0 aliphatic heterocycles. The number of nitrogens with zero attached hydrogens (tertiary/aromatic N) is 1. The normalized spacial score (nSPS) is 12.9. The van der Waals surface area contributed by atoms with Crippen molar-refractivity contribution in [3.05, 3.63) is 77.0 Å². The SMILES string of the molecule is CC1CC1.CCCC(C)(C)Cc1cc(COc2cccc(CCC(=O)O)c2F)ccc1-c1cc(OC)ncc1F. The first-order valence-corrected chi connectivity index (χ1v) is 14.0. The number of ether oxygens (including phenoxy) is 2. The van der Waals surface area contributed by atoms with Crippen LogP contribution in [-0.2, 0) is 24.2 Å². The van der Waals surface area contributed by atoms with Crippen LogP contribution >= 0.6 is 0 Å². The van der Waals surface area contributed by atoms with Gasteiger partial charge in [0.25, 0.3) is 0 Å². The minimum atomic E-state index is -0.984. The maximum absolute atomic E-state index is 14.8. The number of aromatic nitrogens is 1. The van der Waals surface area contributed by atoms with E-state index in [1.807, 2.05) is 18.2 Å². The molecule has 1 heterocycles. The van der Waals surface area contributed by atoms with Crippen LogP contribution in [0.3, 0.4) is 0 Å². The van der Waals surface area contributed by atoms with Crippen molar-refractivity contribution in [1.82, 2.24) is 4.98 Å². The number of benzene rings is 2. The summed E-state index contributed by atoms with van der Waals surface area (Å²) in [6, 6.07) is 12.0. The van der Waals surface area contributed by atoms with Crippen LogP contribution in [-0.4, -0.2) is 23.2 Å². The van der Waals surface area contributed by atoms with Crippen molar-refractivity contribution in [3.63, 3.8) is 0 Å². The van der Waals surface area contributed by atoms with Gasteiger partial charge in [0.2, 0.25) is 5.88 Å². The Balaban J connectivity index is 0.00000101. The summed E-state index contributed by atoms with van der Waals surface area (Å²) < 4.78 is 40.6. The summed E-state index contributed by atoms with van der Waals surface area (Å²) >= 11 is 0. The average molecular weight is 554 g/mol. The molecule has 1 aliphatic carbocycles. The highest BCUT2D eigenvalue weighted by Gasteiger charge is 2.22. The highest BCUT2D eigenvalue weighted by Crippen LogP contribution is 2.35. The van der Waals surface area contributed by atoms with Crippen molar-refractivity contribution in [1.29, 1.82) is 0 Å². The second-order valence-electron chi connectivity index (χ2n) is 11.4. The quantitative estimate of drug-likeness (QED) is 0.244. The molecule has 0 bridgehead atoms. The Kier molecular flexibility index (Phi) is 11.1. The van der Waals surface area contributed by atoms with Crippen molar-refractivity contribution in [2.75, 3.05) is 7.11 Å². The van der Waals surface area contributed by atoms with Crippen molar-refractivity contribution in [3.8, 4) is 22.8 Å². The summed E-state index contributed by atoms with van der Waals surface area (Å²) in [6.07, 6.45) is 6.81. The Hall–Kier alpha value is -3.48. The van der Waals surface area contributed by atoms with Gasteiger partial charge in [-0.3, -0.25) is 4.79 Å². The molecule has 2 aromatic carbocycles. The zero-order valence-electron chi connectivity index (χ0n) is 24.2. The molecule has 1 aromatic heterocycles. The van der Waals surface area contributed by atoms with Crippen LogP contribution in [0.25, 0.3) is 11.1 Å². The number of carboxylic acids is 1. The molecule has 0 amide bonds. The van der Waals surface area contributed by atoms with Gasteiger partial charge in [0.15, 0.2) is 11.6 Å². The molecule has 216 valence electrons. The van der Waals surface area contributed by atoms with Gasteiger partial charge in [-0.2, -0.15) is 0 Å². The van der Waals surface area contributed by atoms with Gasteiger partial charge in [-0.15, -0.1) is 0 Å². The molecule has 5 nitrogen and oxygen atoms in total. The van der Waals surface area contributed by atoms with Crippen molar-refractivity contribution in [2.45, 2.75) is 79.2 Å². The number of hydrogen-bond donors (Lipinski definition) is 1. The van der Waals surface area contributed by atoms with E-state index >= 15 is 0 Å². The highest BCUT2D eigenvalue weighted by atomic mass is 19.1. The molecule has 4 rings (SSSR count).